The van der Waals surface area contributed by atoms with E-state index >= 15 is 0 Å². The molecule has 0 saturated carbocycles. The zero-order chi connectivity index (χ0) is 15.5. The molecular formula is C16H23N5O. The van der Waals surface area contributed by atoms with E-state index in [1.54, 1.807) is 10.9 Å². The molecule has 0 aliphatic carbocycles. The van der Waals surface area contributed by atoms with Crippen molar-refractivity contribution in [2.75, 3.05) is 13.1 Å². The number of likely N-dealkylation sites (tertiary alicyclic amines) is 1. The molecule has 0 aromatic carbocycles. The van der Waals surface area contributed by atoms with E-state index < -0.39 is 0 Å². The molecule has 0 spiro atoms. The van der Waals surface area contributed by atoms with Crippen LogP contribution in [0, 0.1) is 0 Å². The van der Waals surface area contributed by atoms with E-state index in [0.717, 1.165) is 31.8 Å². The number of piperidine rings is 1. The molecule has 2 aromatic heterocycles. The van der Waals surface area contributed by atoms with Gasteiger partial charge in [-0.25, -0.2) is 4.98 Å². The van der Waals surface area contributed by atoms with Crippen LogP contribution >= 0.6 is 0 Å². The van der Waals surface area contributed by atoms with Crippen LogP contribution in [-0.2, 0) is 11.3 Å². The summed E-state index contributed by atoms with van der Waals surface area (Å²) in [5, 5.41) is 4.11. The van der Waals surface area contributed by atoms with Crippen LogP contribution < -0.4 is 0 Å². The molecular weight excluding hydrogens is 278 g/mol. The summed E-state index contributed by atoms with van der Waals surface area (Å²) in [5.74, 6) is 1.64. The lowest BCUT2D eigenvalue weighted by Gasteiger charge is -2.34. The maximum absolute atomic E-state index is 12.4. The minimum Gasteiger partial charge on any atom is -0.339 e. The van der Waals surface area contributed by atoms with Gasteiger partial charge in [0, 0.05) is 43.8 Å². The Morgan fingerprint density at radius 1 is 1.36 bits per heavy atom. The summed E-state index contributed by atoms with van der Waals surface area (Å²) >= 11 is 0. The van der Waals surface area contributed by atoms with Gasteiger partial charge in [0.1, 0.15) is 12.4 Å². The Morgan fingerprint density at radius 3 is 2.95 bits per heavy atom. The van der Waals surface area contributed by atoms with Crippen LogP contribution in [0.3, 0.4) is 0 Å². The second-order valence-corrected chi connectivity index (χ2v) is 6.19. The number of amides is 1. The normalized spacial score (nSPS) is 18.9. The molecule has 1 saturated heterocycles. The number of nitrogens with zero attached hydrogens (tertiary/aromatic N) is 5. The standard InChI is InChI=1S/C16H23N5O/c1-13(2)16-17-7-10-21(16)14-5-3-8-19(11-14)15(22)12-20-9-4-6-18-20/h4,6-7,9-10,13-14H,3,5,8,11-12H2,1-2H3. The Hall–Kier alpha value is -2.11. The zero-order valence-corrected chi connectivity index (χ0v) is 13.2. The van der Waals surface area contributed by atoms with Gasteiger partial charge in [0.2, 0.25) is 5.91 Å². The molecule has 1 aliphatic rings. The van der Waals surface area contributed by atoms with Crippen LogP contribution in [0.5, 0.6) is 0 Å². The maximum atomic E-state index is 12.4. The van der Waals surface area contributed by atoms with Crippen LogP contribution in [0.2, 0.25) is 0 Å². The molecule has 0 N–H and O–H groups in total. The van der Waals surface area contributed by atoms with E-state index in [-0.39, 0.29) is 5.91 Å². The third kappa shape index (κ3) is 3.05. The smallest absolute Gasteiger partial charge is 0.244 e. The minimum atomic E-state index is 0.139. The Balaban J connectivity index is 1.68. The number of aromatic nitrogens is 4. The summed E-state index contributed by atoms with van der Waals surface area (Å²) in [6.07, 6.45) is 9.56. The van der Waals surface area contributed by atoms with E-state index in [1.807, 2.05) is 29.6 Å². The highest BCUT2D eigenvalue weighted by Crippen LogP contribution is 2.25. The first kappa shape index (κ1) is 14.8. The van der Waals surface area contributed by atoms with Crippen LogP contribution in [-0.4, -0.2) is 43.2 Å². The van der Waals surface area contributed by atoms with E-state index in [9.17, 15) is 4.79 Å². The van der Waals surface area contributed by atoms with Crippen LogP contribution in [0.25, 0.3) is 0 Å². The quantitative estimate of drug-likeness (QED) is 0.868. The van der Waals surface area contributed by atoms with Crippen molar-refractivity contribution < 1.29 is 4.79 Å². The lowest BCUT2D eigenvalue weighted by atomic mass is 10.0. The number of carbonyl (C=O) groups excluding carboxylic acids is 1. The van der Waals surface area contributed by atoms with Gasteiger partial charge in [-0.15, -0.1) is 0 Å². The van der Waals surface area contributed by atoms with Crippen LogP contribution in [0.15, 0.2) is 30.9 Å². The van der Waals surface area contributed by atoms with Crippen molar-refractivity contribution >= 4 is 5.91 Å². The van der Waals surface area contributed by atoms with Gasteiger partial charge in [-0.2, -0.15) is 5.10 Å². The average Bonchev–Trinajstić information content (AvgIpc) is 3.18. The SMILES string of the molecule is CC(C)c1nccn1C1CCCN(C(=O)Cn2cccn2)C1. The van der Waals surface area contributed by atoms with Crippen molar-refractivity contribution in [2.24, 2.45) is 0 Å². The molecule has 118 valence electrons. The second-order valence-electron chi connectivity index (χ2n) is 6.19. The highest BCUT2D eigenvalue weighted by Gasteiger charge is 2.26. The van der Waals surface area contributed by atoms with Crippen molar-refractivity contribution in [1.82, 2.24) is 24.2 Å². The van der Waals surface area contributed by atoms with Gasteiger partial charge >= 0.3 is 0 Å². The number of hydrogen-bond acceptors (Lipinski definition) is 3. The monoisotopic (exact) mass is 301 g/mol. The van der Waals surface area contributed by atoms with Crippen molar-refractivity contribution in [3.8, 4) is 0 Å². The molecule has 6 heteroatoms. The van der Waals surface area contributed by atoms with Gasteiger partial charge in [0.15, 0.2) is 0 Å². The van der Waals surface area contributed by atoms with Gasteiger partial charge in [-0.05, 0) is 18.9 Å². The first-order chi connectivity index (χ1) is 10.6. The van der Waals surface area contributed by atoms with Crippen molar-refractivity contribution in [1.29, 1.82) is 0 Å². The second kappa shape index (κ2) is 6.34. The lowest BCUT2D eigenvalue weighted by molar-refractivity contribution is -0.133. The van der Waals surface area contributed by atoms with Crippen LogP contribution in [0.4, 0.5) is 0 Å². The summed E-state index contributed by atoms with van der Waals surface area (Å²) in [7, 11) is 0. The van der Waals surface area contributed by atoms with Crippen molar-refractivity contribution in [3.05, 3.63) is 36.7 Å². The predicted molar refractivity (Wildman–Crippen MR) is 83.4 cm³/mol. The molecule has 6 nitrogen and oxygen atoms in total. The number of imidazole rings is 1. The fraction of sp³-hybridized carbons (Fsp3) is 0.562. The highest BCUT2D eigenvalue weighted by atomic mass is 16.2. The Labute approximate surface area is 130 Å². The number of carbonyl (C=O) groups is 1. The minimum absolute atomic E-state index is 0.139. The fourth-order valence-electron chi connectivity index (χ4n) is 3.12. The van der Waals surface area contributed by atoms with Gasteiger partial charge in [-0.3, -0.25) is 9.48 Å². The zero-order valence-electron chi connectivity index (χ0n) is 13.2. The van der Waals surface area contributed by atoms with E-state index in [1.165, 1.54) is 0 Å². The summed E-state index contributed by atoms with van der Waals surface area (Å²) < 4.78 is 3.93. The lowest BCUT2D eigenvalue weighted by Crippen LogP contribution is -2.42. The first-order valence-electron chi connectivity index (χ1n) is 7.93. The Bertz CT molecular complexity index is 616. The van der Waals surface area contributed by atoms with E-state index in [2.05, 4.69) is 28.5 Å². The third-order valence-electron chi connectivity index (χ3n) is 4.21. The van der Waals surface area contributed by atoms with Crippen LogP contribution in [0.1, 0.15) is 44.5 Å². The highest BCUT2D eigenvalue weighted by molar-refractivity contribution is 5.76. The molecule has 1 aliphatic heterocycles. The summed E-state index contributed by atoms with van der Waals surface area (Å²) in [4.78, 5) is 18.9. The molecule has 0 radical (unpaired) electrons. The number of rotatable bonds is 4. The van der Waals surface area contributed by atoms with Gasteiger partial charge in [0.25, 0.3) is 0 Å². The van der Waals surface area contributed by atoms with E-state index in [4.69, 9.17) is 0 Å². The summed E-state index contributed by atoms with van der Waals surface area (Å²) in [5.41, 5.74) is 0. The average molecular weight is 301 g/mol. The molecule has 22 heavy (non-hydrogen) atoms. The Kier molecular flexibility index (Phi) is 4.27. The fourth-order valence-corrected chi connectivity index (χ4v) is 3.12. The number of hydrogen-bond donors (Lipinski definition) is 0. The maximum Gasteiger partial charge on any atom is 0.244 e. The summed E-state index contributed by atoms with van der Waals surface area (Å²) in [6, 6.07) is 2.17. The third-order valence-corrected chi connectivity index (χ3v) is 4.21. The van der Waals surface area contributed by atoms with Gasteiger partial charge in [0.05, 0.1) is 6.04 Å². The predicted octanol–water partition coefficient (Wildman–Crippen LogP) is 2.07. The largest absolute Gasteiger partial charge is 0.339 e. The van der Waals surface area contributed by atoms with E-state index in [0.29, 0.717) is 18.5 Å². The molecule has 3 rings (SSSR count). The molecule has 1 amide bonds. The molecule has 1 fully saturated rings. The van der Waals surface area contributed by atoms with Gasteiger partial charge in [-0.1, -0.05) is 13.8 Å². The van der Waals surface area contributed by atoms with Crippen molar-refractivity contribution in [3.63, 3.8) is 0 Å². The van der Waals surface area contributed by atoms with Crippen molar-refractivity contribution in [2.45, 2.75) is 45.2 Å². The summed E-state index contributed by atoms with van der Waals surface area (Å²) in [6.45, 7) is 6.23. The molecule has 3 heterocycles. The molecule has 1 unspecified atom stereocenters. The molecule has 0 bridgehead atoms. The topological polar surface area (TPSA) is 56.0 Å². The molecule has 1 atom stereocenters. The molecule has 2 aromatic rings. The first-order valence-corrected chi connectivity index (χ1v) is 7.93. The Morgan fingerprint density at radius 2 is 2.23 bits per heavy atom. The van der Waals surface area contributed by atoms with Gasteiger partial charge < -0.3 is 9.47 Å².